The van der Waals surface area contributed by atoms with Crippen molar-refractivity contribution >= 4 is 5.91 Å². The predicted octanol–water partition coefficient (Wildman–Crippen LogP) is -0.174. The molecule has 1 saturated heterocycles. The number of nitrogens with two attached hydrogens (primary N) is 1. The van der Waals surface area contributed by atoms with Crippen LogP contribution in [-0.4, -0.2) is 53.4 Å². The van der Waals surface area contributed by atoms with Gasteiger partial charge in [0, 0.05) is 13.1 Å². The minimum atomic E-state index is -0.651. The summed E-state index contributed by atoms with van der Waals surface area (Å²) in [6, 6.07) is 3.79. The predicted molar refractivity (Wildman–Crippen MR) is 68.9 cm³/mol. The van der Waals surface area contributed by atoms with E-state index >= 15 is 0 Å². The zero-order chi connectivity index (χ0) is 13.8. The number of benzene rings is 1. The average Bonchev–Trinajstić information content (AvgIpc) is 2.43. The molecule has 0 aromatic heterocycles. The quantitative estimate of drug-likeness (QED) is 0.660. The lowest BCUT2D eigenvalue weighted by atomic mass is 10.0. The van der Waals surface area contributed by atoms with E-state index in [0.717, 1.165) is 0 Å². The molecule has 0 spiro atoms. The van der Waals surface area contributed by atoms with Crippen molar-refractivity contribution in [1.29, 1.82) is 0 Å². The first kappa shape index (κ1) is 13.6. The Bertz CT molecular complexity index is 458. The van der Waals surface area contributed by atoms with E-state index < -0.39 is 6.04 Å². The molecule has 1 aliphatic heterocycles. The van der Waals surface area contributed by atoms with Crippen LogP contribution in [0.1, 0.15) is 5.56 Å². The van der Waals surface area contributed by atoms with Crippen molar-refractivity contribution < 1.29 is 19.7 Å². The molecule has 6 nitrogen and oxygen atoms in total. The lowest BCUT2D eigenvalue weighted by Crippen LogP contribution is -2.49. The minimum absolute atomic E-state index is 0.115. The number of ether oxygens (including phenoxy) is 1. The molecule has 1 fully saturated rings. The third-order valence-electron chi connectivity index (χ3n) is 3.14. The highest BCUT2D eigenvalue weighted by molar-refractivity contribution is 5.82. The van der Waals surface area contributed by atoms with Gasteiger partial charge in [0.05, 0.1) is 19.3 Å². The number of aromatic hydroxyl groups is 2. The number of phenols is 2. The van der Waals surface area contributed by atoms with Crippen LogP contribution in [-0.2, 0) is 16.0 Å². The van der Waals surface area contributed by atoms with Gasteiger partial charge in [-0.2, -0.15) is 0 Å². The lowest BCUT2D eigenvalue weighted by Gasteiger charge is -2.29. The highest BCUT2D eigenvalue weighted by Gasteiger charge is 2.23. The SMILES string of the molecule is N[C@@H](Cc1ccc(O)c(O)c1)C(=O)N1CCOCC1. The van der Waals surface area contributed by atoms with Gasteiger partial charge in [0.25, 0.3) is 0 Å². The molecule has 19 heavy (non-hydrogen) atoms. The van der Waals surface area contributed by atoms with Gasteiger partial charge in [0.2, 0.25) is 5.91 Å². The van der Waals surface area contributed by atoms with E-state index in [1.807, 2.05) is 0 Å². The Morgan fingerprint density at radius 3 is 2.63 bits per heavy atom. The van der Waals surface area contributed by atoms with E-state index in [-0.39, 0.29) is 17.4 Å². The van der Waals surface area contributed by atoms with E-state index in [0.29, 0.717) is 38.3 Å². The van der Waals surface area contributed by atoms with Crippen molar-refractivity contribution in [3.05, 3.63) is 23.8 Å². The summed E-state index contributed by atoms with van der Waals surface area (Å²) in [7, 11) is 0. The molecule has 104 valence electrons. The molecule has 0 aliphatic carbocycles. The van der Waals surface area contributed by atoms with Crippen LogP contribution in [0.15, 0.2) is 18.2 Å². The highest BCUT2D eigenvalue weighted by Crippen LogP contribution is 2.25. The maximum atomic E-state index is 12.1. The Morgan fingerprint density at radius 2 is 2.00 bits per heavy atom. The van der Waals surface area contributed by atoms with Crippen LogP contribution in [0.25, 0.3) is 0 Å². The Balaban J connectivity index is 1.97. The van der Waals surface area contributed by atoms with E-state index in [9.17, 15) is 15.0 Å². The van der Waals surface area contributed by atoms with Crippen molar-refractivity contribution in [2.24, 2.45) is 5.73 Å². The maximum absolute atomic E-state index is 12.1. The second kappa shape index (κ2) is 5.90. The zero-order valence-electron chi connectivity index (χ0n) is 10.6. The summed E-state index contributed by atoms with van der Waals surface area (Å²) < 4.78 is 5.18. The summed E-state index contributed by atoms with van der Waals surface area (Å²) in [5.74, 6) is -0.504. The van der Waals surface area contributed by atoms with Crippen LogP contribution >= 0.6 is 0 Å². The highest BCUT2D eigenvalue weighted by atomic mass is 16.5. The molecule has 0 radical (unpaired) electrons. The van der Waals surface area contributed by atoms with Crippen LogP contribution in [0.5, 0.6) is 11.5 Å². The van der Waals surface area contributed by atoms with Gasteiger partial charge in [0.1, 0.15) is 0 Å². The zero-order valence-corrected chi connectivity index (χ0v) is 10.6. The van der Waals surface area contributed by atoms with E-state index in [2.05, 4.69) is 0 Å². The van der Waals surface area contributed by atoms with Crippen molar-refractivity contribution in [3.63, 3.8) is 0 Å². The first-order valence-electron chi connectivity index (χ1n) is 6.21. The number of rotatable bonds is 3. The monoisotopic (exact) mass is 266 g/mol. The van der Waals surface area contributed by atoms with Crippen molar-refractivity contribution in [2.75, 3.05) is 26.3 Å². The van der Waals surface area contributed by atoms with Gasteiger partial charge in [-0.3, -0.25) is 4.79 Å². The third kappa shape index (κ3) is 3.36. The Hall–Kier alpha value is -1.79. The van der Waals surface area contributed by atoms with E-state index in [1.165, 1.54) is 12.1 Å². The summed E-state index contributed by atoms with van der Waals surface area (Å²) >= 11 is 0. The first-order chi connectivity index (χ1) is 9.08. The molecule has 4 N–H and O–H groups in total. The minimum Gasteiger partial charge on any atom is -0.504 e. The Labute approximate surface area is 111 Å². The number of phenolic OH excluding ortho intramolecular Hbond substituents is 2. The fraction of sp³-hybridized carbons (Fsp3) is 0.462. The summed E-state index contributed by atoms with van der Waals surface area (Å²) in [4.78, 5) is 13.8. The normalized spacial score (nSPS) is 17.2. The number of hydrogen-bond acceptors (Lipinski definition) is 5. The third-order valence-corrected chi connectivity index (χ3v) is 3.14. The number of nitrogens with zero attached hydrogens (tertiary/aromatic N) is 1. The fourth-order valence-corrected chi connectivity index (χ4v) is 2.06. The average molecular weight is 266 g/mol. The Morgan fingerprint density at radius 1 is 1.32 bits per heavy atom. The summed E-state index contributed by atoms with van der Waals surface area (Å²) in [5.41, 5.74) is 6.60. The smallest absolute Gasteiger partial charge is 0.239 e. The summed E-state index contributed by atoms with van der Waals surface area (Å²) in [6.45, 7) is 2.21. The Kier molecular flexibility index (Phi) is 4.24. The topological polar surface area (TPSA) is 96.0 Å². The molecule has 2 rings (SSSR count). The summed E-state index contributed by atoms with van der Waals surface area (Å²) in [5, 5.41) is 18.6. The summed E-state index contributed by atoms with van der Waals surface area (Å²) in [6.07, 6.45) is 0.323. The number of carbonyl (C=O) groups is 1. The molecular weight excluding hydrogens is 248 g/mol. The largest absolute Gasteiger partial charge is 0.504 e. The van der Waals surface area contributed by atoms with E-state index in [1.54, 1.807) is 11.0 Å². The molecule has 1 aromatic carbocycles. The second-order valence-electron chi connectivity index (χ2n) is 4.57. The van der Waals surface area contributed by atoms with Crippen LogP contribution < -0.4 is 5.73 Å². The van der Waals surface area contributed by atoms with Crippen LogP contribution in [0.4, 0.5) is 0 Å². The number of amides is 1. The van der Waals surface area contributed by atoms with Gasteiger partial charge < -0.3 is 25.6 Å². The van der Waals surface area contributed by atoms with Crippen LogP contribution in [0.3, 0.4) is 0 Å². The molecule has 0 saturated carbocycles. The van der Waals surface area contributed by atoms with Gasteiger partial charge in [-0.25, -0.2) is 0 Å². The first-order valence-corrected chi connectivity index (χ1v) is 6.21. The van der Waals surface area contributed by atoms with Crippen molar-refractivity contribution in [1.82, 2.24) is 4.90 Å². The standard InChI is InChI=1S/C13H18N2O4/c14-10(13(18)15-3-5-19-6-4-15)7-9-1-2-11(16)12(17)8-9/h1-2,8,10,16-17H,3-7,14H2/t10-/m0/s1. The molecule has 1 amide bonds. The van der Waals surface area contributed by atoms with Gasteiger partial charge in [-0.1, -0.05) is 6.07 Å². The van der Waals surface area contributed by atoms with Crippen molar-refractivity contribution in [3.8, 4) is 11.5 Å². The van der Waals surface area contributed by atoms with Gasteiger partial charge in [-0.15, -0.1) is 0 Å². The molecule has 1 heterocycles. The molecular formula is C13H18N2O4. The molecule has 0 unspecified atom stereocenters. The van der Waals surface area contributed by atoms with Crippen LogP contribution in [0, 0.1) is 0 Å². The molecule has 1 aromatic rings. The number of morpholine rings is 1. The fourth-order valence-electron chi connectivity index (χ4n) is 2.06. The van der Waals surface area contributed by atoms with Gasteiger partial charge in [0.15, 0.2) is 11.5 Å². The van der Waals surface area contributed by atoms with Crippen molar-refractivity contribution in [2.45, 2.75) is 12.5 Å². The molecule has 0 bridgehead atoms. The maximum Gasteiger partial charge on any atom is 0.239 e. The molecule has 1 aliphatic rings. The van der Waals surface area contributed by atoms with Gasteiger partial charge >= 0.3 is 0 Å². The number of carbonyl (C=O) groups excluding carboxylic acids is 1. The van der Waals surface area contributed by atoms with E-state index in [4.69, 9.17) is 10.5 Å². The van der Waals surface area contributed by atoms with Gasteiger partial charge in [-0.05, 0) is 24.1 Å². The second-order valence-corrected chi connectivity index (χ2v) is 4.57. The van der Waals surface area contributed by atoms with Crippen LogP contribution in [0.2, 0.25) is 0 Å². The molecule has 6 heteroatoms. The number of hydrogen-bond donors (Lipinski definition) is 3. The lowest BCUT2D eigenvalue weighted by molar-refractivity contribution is -0.136. The molecule has 1 atom stereocenters.